The molecule has 3 atom stereocenters. The summed E-state index contributed by atoms with van der Waals surface area (Å²) < 4.78 is 5.71. The van der Waals surface area contributed by atoms with E-state index in [0.717, 1.165) is 37.0 Å². The largest absolute Gasteiger partial charge is 0.493 e. The van der Waals surface area contributed by atoms with Crippen molar-refractivity contribution in [2.45, 2.75) is 38.1 Å². The van der Waals surface area contributed by atoms with E-state index < -0.39 is 0 Å². The van der Waals surface area contributed by atoms with Crippen LogP contribution in [0.5, 0.6) is 5.75 Å². The second-order valence-electron chi connectivity index (χ2n) is 8.80. The maximum atomic E-state index is 13.4. The summed E-state index contributed by atoms with van der Waals surface area (Å²) in [7, 11) is 0. The van der Waals surface area contributed by atoms with Gasteiger partial charge >= 0.3 is 0 Å². The first kappa shape index (κ1) is 21.0. The SMILES string of the molecule is O=C(NC1CCOc2ccc(Cl)cc21)C1CCCCC1CN1C(=O)c2ccccc2C1=O. The maximum Gasteiger partial charge on any atom is 0.261 e. The van der Waals surface area contributed by atoms with Crippen molar-refractivity contribution in [2.75, 3.05) is 13.2 Å². The molecule has 0 aromatic heterocycles. The van der Waals surface area contributed by atoms with Crippen molar-refractivity contribution in [3.05, 3.63) is 64.2 Å². The van der Waals surface area contributed by atoms with Crippen molar-refractivity contribution in [1.29, 1.82) is 0 Å². The Balaban J connectivity index is 1.32. The summed E-state index contributed by atoms with van der Waals surface area (Å²) in [5, 5.41) is 3.81. The van der Waals surface area contributed by atoms with Crippen molar-refractivity contribution >= 4 is 29.3 Å². The molecule has 0 saturated heterocycles. The molecular weight excluding hydrogens is 428 g/mol. The third-order valence-electron chi connectivity index (χ3n) is 6.87. The lowest BCUT2D eigenvalue weighted by atomic mass is 9.78. The number of benzene rings is 2. The van der Waals surface area contributed by atoms with Crippen LogP contribution in [-0.4, -0.2) is 35.8 Å². The number of fused-ring (bicyclic) bond motifs is 2. The fourth-order valence-electron chi connectivity index (χ4n) is 5.20. The van der Waals surface area contributed by atoms with Crippen LogP contribution in [0.15, 0.2) is 42.5 Å². The van der Waals surface area contributed by atoms with Crippen LogP contribution in [0.3, 0.4) is 0 Å². The average molecular weight is 453 g/mol. The van der Waals surface area contributed by atoms with Gasteiger partial charge in [0, 0.05) is 29.5 Å². The molecule has 166 valence electrons. The molecular formula is C25H25ClN2O4. The number of rotatable bonds is 4. The molecule has 0 radical (unpaired) electrons. The average Bonchev–Trinajstić information content (AvgIpc) is 3.05. The molecule has 3 aliphatic rings. The summed E-state index contributed by atoms with van der Waals surface area (Å²) in [5.74, 6) is -0.0869. The number of hydrogen-bond acceptors (Lipinski definition) is 4. The summed E-state index contributed by atoms with van der Waals surface area (Å²) in [6.45, 7) is 0.809. The highest BCUT2D eigenvalue weighted by Gasteiger charge is 2.40. The van der Waals surface area contributed by atoms with Crippen molar-refractivity contribution in [2.24, 2.45) is 11.8 Å². The van der Waals surface area contributed by atoms with Crippen LogP contribution in [0.1, 0.15) is 64.4 Å². The Morgan fingerprint density at radius 2 is 1.75 bits per heavy atom. The Morgan fingerprint density at radius 1 is 1.03 bits per heavy atom. The zero-order valence-corrected chi connectivity index (χ0v) is 18.4. The standard InChI is InChI=1S/C25H25ClN2O4/c26-16-9-10-22-20(13-16)21(11-12-32-22)27-23(29)17-6-2-1-5-15(17)14-28-24(30)18-7-3-4-8-19(18)25(28)31/h3-4,7-10,13,15,17,21H,1-2,5-6,11-12,14H2,(H,27,29). The highest BCUT2D eigenvalue weighted by Crippen LogP contribution is 2.37. The molecule has 3 unspecified atom stereocenters. The number of halogens is 1. The van der Waals surface area contributed by atoms with Gasteiger partial charge in [0.05, 0.1) is 23.8 Å². The van der Waals surface area contributed by atoms with Gasteiger partial charge in [-0.1, -0.05) is 36.6 Å². The molecule has 6 nitrogen and oxygen atoms in total. The minimum atomic E-state index is -0.261. The first-order valence-electron chi connectivity index (χ1n) is 11.2. The minimum absolute atomic E-state index is 0.0239. The Labute approximate surface area is 191 Å². The molecule has 3 amide bonds. The van der Waals surface area contributed by atoms with Gasteiger partial charge in [0.15, 0.2) is 0 Å². The van der Waals surface area contributed by atoms with Crippen molar-refractivity contribution in [3.63, 3.8) is 0 Å². The normalized spacial score (nSPS) is 24.5. The van der Waals surface area contributed by atoms with Crippen LogP contribution in [-0.2, 0) is 4.79 Å². The van der Waals surface area contributed by atoms with Gasteiger partial charge in [0.1, 0.15) is 5.75 Å². The third-order valence-corrected chi connectivity index (χ3v) is 7.10. The van der Waals surface area contributed by atoms with Crippen LogP contribution in [0.25, 0.3) is 0 Å². The Bertz CT molecular complexity index is 1050. The van der Waals surface area contributed by atoms with E-state index in [2.05, 4.69) is 5.32 Å². The van der Waals surface area contributed by atoms with Crippen molar-refractivity contribution in [3.8, 4) is 5.75 Å². The first-order valence-corrected chi connectivity index (χ1v) is 11.6. The molecule has 2 aromatic rings. The van der Waals surface area contributed by atoms with E-state index >= 15 is 0 Å². The van der Waals surface area contributed by atoms with Crippen molar-refractivity contribution < 1.29 is 19.1 Å². The van der Waals surface area contributed by atoms with Crippen molar-refractivity contribution in [1.82, 2.24) is 10.2 Å². The second-order valence-corrected chi connectivity index (χ2v) is 9.23. The van der Waals surface area contributed by atoms with E-state index in [0.29, 0.717) is 29.2 Å². The van der Waals surface area contributed by atoms with Gasteiger partial charge in [0.25, 0.3) is 11.8 Å². The van der Waals surface area contributed by atoms with Gasteiger partial charge < -0.3 is 10.1 Å². The molecule has 2 aliphatic heterocycles. The summed E-state index contributed by atoms with van der Waals surface area (Å²) in [6, 6.07) is 12.2. The van der Waals surface area contributed by atoms with Crippen LogP contribution < -0.4 is 10.1 Å². The molecule has 0 bridgehead atoms. The van der Waals surface area contributed by atoms with Crippen LogP contribution in [0, 0.1) is 11.8 Å². The number of carbonyl (C=O) groups excluding carboxylic acids is 3. The topological polar surface area (TPSA) is 75.7 Å². The Kier molecular flexibility index (Phi) is 5.64. The lowest BCUT2D eigenvalue weighted by molar-refractivity contribution is -0.129. The zero-order chi connectivity index (χ0) is 22.2. The van der Waals surface area contributed by atoms with E-state index in [9.17, 15) is 14.4 Å². The van der Waals surface area contributed by atoms with E-state index in [4.69, 9.17) is 16.3 Å². The molecule has 5 rings (SSSR count). The number of imide groups is 1. The molecule has 1 saturated carbocycles. The fraction of sp³-hybridized carbons (Fsp3) is 0.400. The third kappa shape index (κ3) is 3.77. The zero-order valence-electron chi connectivity index (χ0n) is 17.7. The van der Waals surface area contributed by atoms with E-state index in [1.54, 1.807) is 30.3 Å². The van der Waals surface area contributed by atoms with Crippen LogP contribution in [0.4, 0.5) is 0 Å². The van der Waals surface area contributed by atoms with Crippen LogP contribution >= 0.6 is 11.6 Å². The predicted octanol–water partition coefficient (Wildman–Crippen LogP) is 4.38. The van der Waals surface area contributed by atoms with Gasteiger partial charge in [-0.15, -0.1) is 0 Å². The number of carbonyl (C=O) groups is 3. The fourth-order valence-corrected chi connectivity index (χ4v) is 5.39. The van der Waals surface area contributed by atoms with Gasteiger partial charge in [-0.05, 0) is 49.1 Å². The summed E-state index contributed by atoms with van der Waals surface area (Å²) in [5.41, 5.74) is 1.79. The highest BCUT2D eigenvalue weighted by molar-refractivity contribution is 6.30. The van der Waals surface area contributed by atoms with Crippen LogP contribution in [0.2, 0.25) is 5.02 Å². The minimum Gasteiger partial charge on any atom is -0.493 e. The summed E-state index contributed by atoms with van der Waals surface area (Å²) in [4.78, 5) is 40.3. The lowest BCUT2D eigenvalue weighted by Crippen LogP contribution is -2.44. The number of ether oxygens (including phenoxy) is 1. The number of amides is 3. The number of nitrogens with zero attached hydrogens (tertiary/aromatic N) is 1. The molecule has 2 aromatic carbocycles. The summed E-state index contributed by atoms with van der Waals surface area (Å²) >= 11 is 6.17. The van der Waals surface area contributed by atoms with E-state index in [1.807, 2.05) is 12.1 Å². The first-order chi connectivity index (χ1) is 15.5. The molecule has 1 N–H and O–H groups in total. The number of nitrogens with one attached hydrogen (secondary N) is 1. The Morgan fingerprint density at radius 3 is 2.50 bits per heavy atom. The molecule has 1 aliphatic carbocycles. The second kappa shape index (κ2) is 8.58. The molecule has 1 fully saturated rings. The molecule has 0 spiro atoms. The van der Waals surface area contributed by atoms with Gasteiger partial charge in [-0.25, -0.2) is 0 Å². The smallest absolute Gasteiger partial charge is 0.261 e. The van der Waals surface area contributed by atoms with E-state index in [-0.39, 0.29) is 42.1 Å². The highest BCUT2D eigenvalue weighted by atomic mass is 35.5. The molecule has 32 heavy (non-hydrogen) atoms. The number of hydrogen-bond donors (Lipinski definition) is 1. The van der Waals surface area contributed by atoms with Gasteiger partial charge in [-0.3, -0.25) is 19.3 Å². The van der Waals surface area contributed by atoms with E-state index in [1.165, 1.54) is 4.90 Å². The molecule has 7 heteroatoms. The molecule has 2 heterocycles. The quantitative estimate of drug-likeness (QED) is 0.698. The predicted molar refractivity (Wildman–Crippen MR) is 120 cm³/mol. The lowest BCUT2D eigenvalue weighted by Gasteiger charge is -2.35. The maximum absolute atomic E-state index is 13.4. The summed E-state index contributed by atoms with van der Waals surface area (Å²) in [6.07, 6.45) is 4.21. The Hall–Kier alpha value is -2.86. The monoisotopic (exact) mass is 452 g/mol. The van der Waals surface area contributed by atoms with Gasteiger partial charge in [0.2, 0.25) is 5.91 Å². The van der Waals surface area contributed by atoms with Gasteiger partial charge in [-0.2, -0.15) is 0 Å².